The van der Waals surface area contributed by atoms with Crippen molar-refractivity contribution in [2.45, 2.75) is 52.0 Å². The van der Waals surface area contributed by atoms with Crippen molar-refractivity contribution in [2.75, 3.05) is 39.4 Å². The van der Waals surface area contributed by atoms with Crippen LogP contribution in [0.15, 0.2) is 0 Å². The Labute approximate surface area is 124 Å². The summed E-state index contributed by atoms with van der Waals surface area (Å²) in [4.78, 5) is 2.72. The van der Waals surface area contributed by atoms with Crippen LogP contribution in [-0.4, -0.2) is 50.3 Å². The second kappa shape index (κ2) is 6.33. The van der Waals surface area contributed by atoms with E-state index in [1.165, 1.54) is 51.7 Å². The topological polar surface area (TPSA) is 24.5 Å². The van der Waals surface area contributed by atoms with E-state index in [1.807, 2.05) is 0 Å². The van der Waals surface area contributed by atoms with Crippen molar-refractivity contribution >= 4 is 0 Å². The van der Waals surface area contributed by atoms with Gasteiger partial charge < -0.3 is 15.0 Å². The highest BCUT2D eigenvalue weighted by molar-refractivity contribution is 4.92. The lowest BCUT2D eigenvalue weighted by atomic mass is 9.80. The highest BCUT2D eigenvalue weighted by Crippen LogP contribution is 2.33. The maximum absolute atomic E-state index is 5.86. The molecule has 2 aliphatic heterocycles. The molecule has 0 aromatic rings. The monoisotopic (exact) mass is 280 g/mol. The summed E-state index contributed by atoms with van der Waals surface area (Å²) < 4.78 is 5.86. The largest absolute Gasteiger partial charge is 0.381 e. The van der Waals surface area contributed by atoms with Gasteiger partial charge in [0, 0.05) is 37.7 Å². The Morgan fingerprint density at radius 3 is 2.70 bits per heavy atom. The van der Waals surface area contributed by atoms with Crippen LogP contribution < -0.4 is 5.32 Å². The van der Waals surface area contributed by atoms with Gasteiger partial charge in [0.1, 0.15) is 0 Å². The van der Waals surface area contributed by atoms with Gasteiger partial charge in [-0.3, -0.25) is 0 Å². The average molecular weight is 280 g/mol. The van der Waals surface area contributed by atoms with Crippen molar-refractivity contribution in [1.82, 2.24) is 10.2 Å². The summed E-state index contributed by atoms with van der Waals surface area (Å²) in [5.74, 6) is 1.75. The molecule has 0 amide bonds. The van der Waals surface area contributed by atoms with Gasteiger partial charge in [-0.05, 0) is 50.5 Å². The molecule has 3 fully saturated rings. The minimum Gasteiger partial charge on any atom is -0.381 e. The highest BCUT2D eigenvalue weighted by Gasteiger charge is 2.37. The lowest BCUT2D eigenvalue weighted by Gasteiger charge is -2.44. The van der Waals surface area contributed by atoms with Gasteiger partial charge in [-0.1, -0.05) is 13.8 Å². The zero-order valence-corrected chi connectivity index (χ0v) is 13.4. The highest BCUT2D eigenvalue weighted by atomic mass is 16.5. The standard InChI is InChI=1S/C17H32N2O/c1-14-6-8-19(10-15(14)2)12-17(7-3-9-20-13-17)11-18-16-4-5-16/h14-16,18H,3-13H2,1-2H3. The Morgan fingerprint density at radius 1 is 1.20 bits per heavy atom. The molecule has 20 heavy (non-hydrogen) atoms. The van der Waals surface area contributed by atoms with Gasteiger partial charge in [-0.2, -0.15) is 0 Å². The lowest BCUT2D eigenvalue weighted by Crippen LogP contribution is -2.52. The van der Waals surface area contributed by atoms with Crippen molar-refractivity contribution in [3.63, 3.8) is 0 Å². The van der Waals surface area contributed by atoms with Gasteiger partial charge >= 0.3 is 0 Å². The van der Waals surface area contributed by atoms with Crippen LogP contribution in [0.2, 0.25) is 0 Å². The SMILES string of the molecule is CC1CCN(CC2(CNC3CC3)CCCOC2)CC1C. The molecule has 3 unspecified atom stereocenters. The number of rotatable bonds is 5. The number of likely N-dealkylation sites (tertiary alicyclic amines) is 1. The van der Waals surface area contributed by atoms with E-state index in [9.17, 15) is 0 Å². The van der Waals surface area contributed by atoms with E-state index in [4.69, 9.17) is 4.74 Å². The average Bonchev–Trinajstić information content (AvgIpc) is 3.26. The van der Waals surface area contributed by atoms with Crippen molar-refractivity contribution in [3.8, 4) is 0 Å². The van der Waals surface area contributed by atoms with Crippen molar-refractivity contribution in [3.05, 3.63) is 0 Å². The first-order valence-corrected chi connectivity index (χ1v) is 8.70. The quantitative estimate of drug-likeness (QED) is 0.837. The fourth-order valence-electron chi connectivity index (χ4n) is 3.85. The minimum atomic E-state index is 0.376. The molecule has 0 radical (unpaired) electrons. The normalized spacial score (nSPS) is 39.9. The van der Waals surface area contributed by atoms with Crippen LogP contribution in [0, 0.1) is 17.3 Å². The first kappa shape index (κ1) is 14.8. The van der Waals surface area contributed by atoms with E-state index in [1.54, 1.807) is 0 Å². The fraction of sp³-hybridized carbons (Fsp3) is 1.00. The molecule has 116 valence electrons. The summed E-state index contributed by atoms with van der Waals surface area (Å²) in [7, 11) is 0. The van der Waals surface area contributed by atoms with Crippen molar-refractivity contribution < 1.29 is 4.74 Å². The maximum atomic E-state index is 5.86. The van der Waals surface area contributed by atoms with Crippen LogP contribution in [0.1, 0.15) is 46.0 Å². The van der Waals surface area contributed by atoms with Gasteiger partial charge in [0.05, 0.1) is 6.61 Å². The molecule has 3 heteroatoms. The number of ether oxygens (including phenoxy) is 1. The molecule has 1 saturated carbocycles. The van der Waals surface area contributed by atoms with Gasteiger partial charge in [-0.15, -0.1) is 0 Å². The Kier molecular flexibility index (Phi) is 4.68. The molecule has 2 saturated heterocycles. The van der Waals surface area contributed by atoms with Crippen LogP contribution in [0.4, 0.5) is 0 Å². The predicted molar refractivity (Wildman–Crippen MR) is 82.9 cm³/mol. The van der Waals surface area contributed by atoms with Gasteiger partial charge in [0.2, 0.25) is 0 Å². The Hall–Kier alpha value is -0.120. The van der Waals surface area contributed by atoms with E-state index in [-0.39, 0.29) is 0 Å². The molecule has 3 nitrogen and oxygen atoms in total. The van der Waals surface area contributed by atoms with Crippen molar-refractivity contribution in [1.29, 1.82) is 0 Å². The van der Waals surface area contributed by atoms with E-state index in [0.29, 0.717) is 5.41 Å². The lowest BCUT2D eigenvalue weighted by molar-refractivity contribution is -0.0346. The second-order valence-electron chi connectivity index (χ2n) is 7.79. The number of piperidine rings is 1. The third kappa shape index (κ3) is 3.75. The summed E-state index contributed by atoms with van der Waals surface area (Å²) in [6.07, 6.45) is 6.72. The Bertz CT molecular complexity index is 310. The molecule has 3 aliphatic rings. The van der Waals surface area contributed by atoms with Crippen LogP contribution in [0.5, 0.6) is 0 Å². The molecule has 1 N–H and O–H groups in total. The number of hydrogen-bond acceptors (Lipinski definition) is 3. The molecule has 1 aliphatic carbocycles. The third-order valence-corrected chi connectivity index (χ3v) is 5.72. The van der Waals surface area contributed by atoms with Crippen LogP contribution in [0.25, 0.3) is 0 Å². The molecule has 0 spiro atoms. The second-order valence-corrected chi connectivity index (χ2v) is 7.79. The molecule has 0 aromatic carbocycles. The van der Waals surface area contributed by atoms with Gasteiger partial charge in [0.25, 0.3) is 0 Å². The number of nitrogens with zero attached hydrogens (tertiary/aromatic N) is 1. The molecular formula is C17H32N2O. The van der Waals surface area contributed by atoms with Crippen LogP contribution in [0.3, 0.4) is 0 Å². The smallest absolute Gasteiger partial charge is 0.0546 e. The number of hydrogen-bond donors (Lipinski definition) is 1. The first-order valence-electron chi connectivity index (χ1n) is 8.70. The first-order chi connectivity index (χ1) is 9.67. The molecule has 3 rings (SSSR count). The Balaban J connectivity index is 1.56. The zero-order valence-electron chi connectivity index (χ0n) is 13.4. The minimum absolute atomic E-state index is 0.376. The predicted octanol–water partition coefficient (Wildman–Crippen LogP) is 2.51. The van der Waals surface area contributed by atoms with Crippen LogP contribution >= 0.6 is 0 Å². The van der Waals surface area contributed by atoms with Crippen LogP contribution in [-0.2, 0) is 4.74 Å². The summed E-state index contributed by atoms with van der Waals surface area (Å²) in [6, 6.07) is 0.814. The third-order valence-electron chi connectivity index (χ3n) is 5.72. The van der Waals surface area contributed by atoms with Crippen molar-refractivity contribution in [2.24, 2.45) is 17.3 Å². The van der Waals surface area contributed by atoms with E-state index in [2.05, 4.69) is 24.1 Å². The maximum Gasteiger partial charge on any atom is 0.0546 e. The van der Waals surface area contributed by atoms with Gasteiger partial charge in [0.15, 0.2) is 0 Å². The summed E-state index contributed by atoms with van der Waals surface area (Å²) in [5.41, 5.74) is 0.376. The summed E-state index contributed by atoms with van der Waals surface area (Å²) in [5, 5.41) is 3.77. The van der Waals surface area contributed by atoms with E-state index in [0.717, 1.165) is 37.6 Å². The van der Waals surface area contributed by atoms with E-state index < -0.39 is 0 Å². The molecule has 3 atom stereocenters. The molecule has 2 heterocycles. The number of nitrogens with one attached hydrogen (secondary N) is 1. The Morgan fingerprint density at radius 2 is 2.05 bits per heavy atom. The fourth-order valence-corrected chi connectivity index (χ4v) is 3.85. The summed E-state index contributed by atoms with van der Waals surface area (Å²) >= 11 is 0. The van der Waals surface area contributed by atoms with E-state index >= 15 is 0 Å². The summed E-state index contributed by atoms with van der Waals surface area (Å²) in [6.45, 7) is 11.7. The van der Waals surface area contributed by atoms with Gasteiger partial charge in [-0.25, -0.2) is 0 Å². The molecule has 0 aromatic heterocycles. The molecular weight excluding hydrogens is 248 g/mol. The zero-order chi connectivity index (χ0) is 14.0. The molecule has 0 bridgehead atoms.